The van der Waals surface area contributed by atoms with Crippen LogP contribution in [0.25, 0.3) is 11.4 Å². The number of pyridine rings is 2. The number of nitrogens with zero attached hydrogens (tertiary/aromatic N) is 2. The molecular weight excluding hydrogens is 484 g/mol. The van der Waals surface area contributed by atoms with Crippen LogP contribution in [0.15, 0.2) is 94.1 Å². The number of halogens is 2. The zero-order valence-electron chi connectivity index (χ0n) is 14.5. The molecule has 0 fully saturated rings. The SMILES string of the molecule is Brc1cccc(Oc2ccnc(-c3cc(Oc4cccc(Br)c4)ccn3)c2)c1. The summed E-state index contributed by atoms with van der Waals surface area (Å²) in [5.74, 6) is 2.85. The minimum Gasteiger partial charge on any atom is -0.457 e. The summed E-state index contributed by atoms with van der Waals surface area (Å²) in [5, 5.41) is 0. The predicted molar refractivity (Wildman–Crippen MR) is 116 cm³/mol. The van der Waals surface area contributed by atoms with Gasteiger partial charge in [-0.15, -0.1) is 0 Å². The van der Waals surface area contributed by atoms with Crippen molar-refractivity contribution in [3.63, 3.8) is 0 Å². The molecule has 0 radical (unpaired) electrons. The van der Waals surface area contributed by atoms with Crippen LogP contribution in [0.3, 0.4) is 0 Å². The monoisotopic (exact) mass is 496 g/mol. The number of ether oxygens (including phenoxy) is 2. The molecule has 0 aliphatic carbocycles. The summed E-state index contributed by atoms with van der Waals surface area (Å²) in [5.41, 5.74) is 1.40. The molecule has 0 unspecified atom stereocenters. The van der Waals surface area contributed by atoms with Crippen LogP contribution in [0.5, 0.6) is 23.0 Å². The Balaban J connectivity index is 1.57. The van der Waals surface area contributed by atoms with Gasteiger partial charge in [0, 0.05) is 33.5 Å². The third kappa shape index (κ3) is 4.77. The van der Waals surface area contributed by atoms with Gasteiger partial charge in [0.1, 0.15) is 23.0 Å². The number of hydrogen-bond donors (Lipinski definition) is 0. The second-order valence-corrected chi connectivity index (χ2v) is 7.70. The van der Waals surface area contributed by atoms with Gasteiger partial charge in [-0.25, -0.2) is 0 Å². The average molecular weight is 498 g/mol. The van der Waals surface area contributed by atoms with E-state index in [-0.39, 0.29) is 0 Å². The maximum atomic E-state index is 5.93. The van der Waals surface area contributed by atoms with Crippen molar-refractivity contribution in [2.75, 3.05) is 0 Å². The number of hydrogen-bond acceptors (Lipinski definition) is 4. The maximum Gasteiger partial charge on any atom is 0.131 e. The van der Waals surface area contributed by atoms with E-state index in [9.17, 15) is 0 Å². The molecule has 4 rings (SSSR count). The van der Waals surface area contributed by atoms with Gasteiger partial charge in [-0.2, -0.15) is 0 Å². The van der Waals surface area contributed by atoms with Gasteiger partial charge in [0.05, 0.1) is 11.4 Å². The Labute approximate surface area is 179 Å². The number of benzene rings is 2. The third-order valence-electron chi connectivity index (χ3n) is 3.79. The van der Waals surface area contributed by atoms with Gasteiger partial charge >= 0.3 is 0 Å². The van der Waals surface area contributed by atoms with Crippen molar-refractivity contribution in [2.45, 2.75) is 0 Å². The number of rotatable bonds is 5. The van der Waals surface area contributed by atoms with Gasteiger partial charge in [0.25, 0.3) is 0 Å². The first-order valence-electron chi connectivity index (χ1n) is 8.45. The highest BCUT2D eigenvalue weighted by atomic mass is 79.9. The fraction of sp³-hybridized carbons (Fsp3) is 0. The third-order valence-corrected chi connectivity index (χ3v) is 4.78. The van der Waals surface area contributed by atoms with Gasteiger partial charge in [-0.05, 0) is 48.5 Å². The second kappa shape index (κ2) is 8.54. The fourth-order valence-corrected chi connectivity index (χ4v) is 3.32. The molecule has 0 saturated carbocycles. The zero-order valence-corrected chi connectivity index (χ0v) is 17.7. The molecule has 0 aliphatic heterocycles. The minimum absolute atomic E-state index is 0.684. The van der Waals surface area contributed by atoms with E-state index in [2.05, 4.69) is 41.8 Å². The summed E-state index contributed by atoms with van der Waals surface area (Å²) in [7, 11) is 0. The van der Waals surface area contributed by atoms with Gasteiger partial charge in [-0.1, -0.05) is 44.0 Å². The van der Waals surface area contributed by atoms with Gasteiger partial charge < -0.3 is 9.47 Å². The van der Waals surface area contributed by atoms with Crippen molar-refractivity contribution in [2.24, 2.45) is 0 Å². The van der Waals surface area contributed by atoms with E-state index < -0.39 is 0 Å². The number of aromatic nitrogens is 2. The van der Waals surface area contributed by atoms with Crippen molar-refractivity contribution < 1.29 is 9.47 Å². The summed E-state index contributed by atoms with van der Waals surface area (Å²) in [4.78, 5) is 8.83. The van der Waals surface area contributed by atoms with E-state index in [1.165, 1.54) is 0 Å². The lowest BCUT2D eigenvalue weighted by Gasteiger charge is -2.09. The van der Waals surface area contributed by atoms with E-state index in [4.69, 9.17) is 9.47 Å². The molecule has 2 heterocycles. The summed E-state index contributed by atoms with van der Waals surface area (Å²) in [6, 6.07) is 22.7. The van der Waals surface area contributed by atoms with Crippen LogP contribution in [-0.2, 0) is 0 Å². The van der Waals surface area contributed by atoms with E-state index in [1.807, 2.05) is 72.8 Å². The summed E-state index contributed by atoms with van der Waals surface area (Å²) in [6.07, 6.45) is 3.40. The second-order valence-electron chi connectivity index (χ2n) is 5.87. The largest absolute Gasteiger partial charge is 0.457 e. The highest BCUT2D eigenvalue weighted by molar-refractivity contribution is 9.10. The van der Waals surface area contributed by atoms with E-state index in [0.717, 1.165) is 20.4 Å². The lowest BCUT2D eigenvalue weighted by molar-refractivity contribution is 0.480. The lowest BCUT2D eigenvalue weighted by Crippen LogP contribution is -1.91. The Morgan fingerprint density at radius 2 is 0.964 bits per heavy atom. The Hall–Kier alpha value is -2.70. The van der Waals surface area contributed by atoms with Gasteiger partial charge in [-0.3, -0.25) is 9.97 Å². The quantitative estimate of drug-likeness (QED) is 0.291. The van der Waals surface area contributed by atoms with Crippen LogP contribution in [-0.4, -0.2) is 9.97 Å². The van der Waals surface area contributed by atoms with Crippen molar-refractivity contribution in [1.82, 2.24) is 9.97 Å². The Morgan fingerprint density at radius 3 is 1.39 bits per heavy atom. The molecule has 0 saturated heterocycles. The van der Waals surface area contributed by atoms with Crippen molar-refractivity contribution in [3.05, 3.63) is 94.1 Å². The molecule has 0 bridgehead atoms. The van der Waals surface area contributed by atoms with E-state index >= 15 is 0 Å². The smallest absolute Gasteiger partial charge is 0.131 e. The standard InChI is InChI=1S/C22H14Br2N2O2/c23-15-3-1-5-17(11-15)27-19-7-9-25-21(13-19)22-14-20(8-10-26-22)28-18-6-2-4-16(24)12-18/h1-14H. The molecule has 138 valence electrons. The van der Waals surface area contributed by atoms with Crippen LogP contribution in [0.2, 0.25) is 0 Å². The molecule has 6 heteroatoms. The molecule has 2 aromatic heterocycles. The maximum absolute atomic E-state index is 5.93. The van der Waals surface area contributed by atoms with Crippen LogP contribution >= 0.6 is 31.9 Å². The van der Waals surface area contributed by atoms with Crippen LogP contribution in [0.1, 0.15) is 0 Å². The summed E-state index contributed by atoms with van der Waals surface area (Å²) >= 11 is 6.89. The normalized spacial score (nSPS) is 10.5. The summed E-state index contributed by atoms with van der Waals surface area (Å²) in [6.45, 7) is 0. The zero-order chi connectivity index (χ0) is 19.3. The van der Waals surface area contributed by atoms with Crippen LogP contribution in [0, 0.1) is 0 Å². The topological polar surface area (TPSA) is 44.2 Å². The molecule has 28 heavy (non-hydrogen) atoms. The predicted octanol–water partition coefficient (Wildman–Crippen LogP) is 7.25. The van der Waals surface area contributed by atoms with Crippen LogP contribution in [0.4, 0.5) is 0 Å². The fourth-order valence-electron chi connectivity index (χ4n) is 2.56. The molecule has 2 aromatic carbocycles. The highest BCUT2D eigenvalue weighted by Gasteiger charge is 2.07. The molecular formula is C22H14Br2N2O2. The van der Waals surface area contributed by atoms with Crippen molar-refractivity contribution >= 4 is 31.9 Å². The molecule has 0 spiro atoms. The summed E-state index contributed by atoms with van der Waals surface area (Å²) < 4.78 is 13.8. The first kappa shape index (κ1) is 18.7. The lowest BCUT2D eigenvalue weighted by atomic mass is 10.2. The first-order valence-corrected chi connectivity index (χ1v) is 10.0. The van der Waals surface area contributed by atoms with Gasteiger partial charge in [0.15, 0.2) is 0 Å². The van der Waals surface area contributed by atoms with E-state index in [1.54, 1.807) is 12.4 Å². The van der Waals surface area contributed by atoms with Crippen molar-refractivity contribution in [1.29, 1.82) is 0 Å². The van der Waals surface area contributed by atoms with E-state index in [0.29, 0.717) is 22.9 Å². The molecule has 0 amide bonds. The molecule has 0 aliphatic rings. The Kier molecular flexibility index (Phi) is 5.69. The minimum atomic E-state index is 0.684. The van der Waals surface area contributed by atoms with Crippen molar-refractivity contribution in [3.8, 4) is 34.4 Å². The molecule has 4 nitrogen and oxygen atoms in total. The van der Waals surface area contributed by atoms with Crippen LogP contribution < -0.4 is 9.47 Å². The Morgan fingerprint density at radius 1 is 0.536 bits per heavy atom. The first-order chi connectivity index (χ1) is 13.7. The Bertz CT molecular complexity index is 1030. The van der Waals surface area contributed by atoms with Gasteiger partial charge in [0.2, 0.25) is 0 Å². The highest BCUT2D eigenvalue weighted by Crippen LogP contribution is 2.29. The average Bonchev–Trinajstić information content (AvgIpc) is 2.68. The molecule has 0 atom stereocenters. The molecule has 4 aromatic rings. The molecule has 0 N–H and O–H groups in total.